The Morgan fingerprint density at radius 3 is 2.57 bits per heavy atom. The number of aromatic nitrogens is 2. The number of nitrogens with one attached hydrogen (secondary N) is 1. The summed E-state index contributed by atoms with van der Waals surface area (Å²) in [5.74, 6) is 2.03. The van der Waals surface area contributed by atoms with Crippen LogP contribution in [-0.4, -0.2) is 51.9 Å². The van der Waals surface area contributed by atoms with Crippen molar-refractivity contribution in [3.05, 3.63) is 26.6 Å². The highest BCUT2D eigenvalue weighted by molar-refractivity contribution is 7.18. The lowest BCUT2D eigenvalue weighted by molar-refractivity contribution is -0.134. The summed E-state index contributed by atoms with van der Waals surface area (Å²) in [4.78, 5) is 39.6. The first-order chi connectivity index (χ1) is 14.3. The number of hydrogen-bond donors (Lipinski definition) is 1. The number of thiophene rings is 1. The molecule has 3 aliphatic rings. The zero-order valence-electron chi connectivity index (χ0n) is 18.3. The summed E-state index contributed by atoms with van der Waals surface area (Å²) in [5.41, 5.74) is 1.55. The van der Waals surface area contributed by atoms with Crippen LogP contribution in [0.15, 0.2) is 4.79 Å². The molecule has 1 saturated heterocycles. The number of fused-ring (bicyclic) bond motifs is 3. The Morgan fingerprint density at radius 2 is 1.90 bits per heavy atom. The van der Waals surface area contributed by atoms with Crippen molar-refractivity contribution in [2.45, 2.75) is 59.4 Å². The monoisotopic (exact) mass is 428 g/mol. The number of nitrogens with zero attached hydrogens (tertiary/aromatic N) is 3. The molecule has 0 bridgehead atoms. The Bertz CT molecular complexity index is 1020. The number of carbonyl (C=O) groups is 1. The number of hydrogen-bond acceptors (Lipinski definition) is 5. The van der Waals surface area contributed by atoms with Crippen LogP contribution in [0.5, 0.6) is 0 Å². The van der Waals surface area contributed by atoms with E-state index in [-0.39, 0.29) is 5.56 Å². The first kappa shape index (κ1) is 20.2. The molecule has 1 N–H and O–H groups in total. The van der Waals surface area contributed by atoms with E-state index in [9.17, 15) is 9.59 Å². The van der Waals surface area contributed by atoms with E-state index in [0.29, 0.717) is 29.7 Å². The summed E-state index contributed by atoms with van der Waals surface area (Å²) >= 11 is 1.72. The minimum Gasteiger partial charge on any atom is -0.340 e. The van der Waals surface area contributed by atoms with Crippen molar-refractivity contribution in [2.24, 2.45) is 17.3 Å². The Kier molecular flexibility index (Phi) is 5.01. The molecule has 0 radical (unpaired) electrons. The van der Waals surface area contributed by atoms with Crippen LogP contribution in [0.1, 0.15) is 56.3 Å². The van der Waals surface area contributed by atoms with Crippen LogP contribution in [0.2, 0.25) is 0 Å². The molecule has 1 atom stereocenters. The average Bonchev–Trinajstić information content (AvgIpc) is 3.47. The van der Waals surface area contributed by atoms with Crippen LogP contribution in [-0.2, 0) is 24.2 Å². The van der Waals surface area contributed by atoms with Gasteiger partial charge in [-0.25, -0.2) is 4.98 Å². The van der Waals surface area contributed by atoms with Crippen molar-refractivity contribution in [2.75, 3.05) is 26.2 Å². The van der Waals surface area contributed by atoms with E-state index >= 15 is 0 Å². The molecule has 5 rings (SSSR count). The number of H-pyrrole nitrogens is 1. The average molecular weight is 429 g/mol. The van der Waals surface area contributed by atoms with Gasteiger partial charge in [0.1, 0.15) is 10.7 Å². The van der Waals surface area contributed by atoms with Gasteiger partial charge in [-0.1, -0.05) is 20.8 Å². The second-order valence-corrected chi connectivity index (χ2v) is 11.5. The molecule has 1 amide bonds. The van der Waals surface area contributed by atoms with E-state index < -0.39 is 0 Å². The van der Waals surface area contributed by atoms with Crippen LogP contribution in [0.3, 0.4) is 0 Å². The fraction of sp³-hybridized carbons (Fsp3) is 0.696. The van der Waals surface area contributed by atoms with Crippen molar-refractivity contribution in [3.8, 4) is 0 Å². The number of amides is 1. The largest absolute Gasteiger partial charge is 0.340 e. The standard InChI is InChI=1S/C23H32N4O2S/c1-23(2,3)15-6-7-16-17(12-15)30-21-19(16)20(28)24-18(25-21)13-26-8-10-27(11-9-26)22(29)14-4-5-14/h14-15H,4-13H2,1-3H3,(H,24,25,28)/t15-/m0/s1. The fourth-order valence-electron chi connectivity index (χ4n) is 4.97. The molecule has 6 nitrogen and oxygen atoms in total. The van der Waals surface area contributed by atoms with Crippen molar-refractivity contribution in [3.63, 3.8) is 0 Å². The van der Waals surface area contributed by atoms with Crippen molar-refractivity contribution >= 4 is 27.5 Å². The third-order valence-electron chi connectivity index (χ3n) is 7.18. The van der Waals surface area contributed by atoms with Crippen LogP contribution >= 0.6 is 11.3 Å². The first-order valence-corrected chi connectivity index (χ1v) is 12.2. The predicted molar refractivity (Wildman–Crippen MR) is 120 cm³/mol. The van der Waals surface area contributed by atoms with Gasteiger partial charge in [0.25, 0.3) is 5.56 Å². The fourth-order valence-corrected chi connectivity index (χ4v) is 6.29. The first-order valence-electron chi connectivity index (χ1n) is 11.3. The van der Waals surface area contributed by atoms with E-state index in [1.165, 1.54) is 10.4 Å². The zero-order valence-corrected chi connectivity index (χ0v) is 19.1. The maximum atomic E-state index is 12.9. The summed E-state index contributed by atoms with van der Waals surface area (Å²) in [7, 11) is 0. The predicted octanol–water partition coefficient (Wildman–Crippen LogP) is 3.19. The molecule has 0 aromatic carbocycles. The van der Waals surface area contributed by atoms with Crippen molar-refractivity contribution < 1.29 is 4.79 Å². The molecule has 2 aromatic heterocycles. The normalized spacial score (nSPS) is 23.0. The van der Waals surface area contributed by atoms with Gasteiger partial charge in [-0.05, 0) is 49.0 Å². The maximum Gasteiger partial charge on any atom is 0.259 e. The van der Waals surface area contributed by atoms with Gasteiger partial charge < -0.3 is 9.88 Å². The lowest BCUT2D eigenvalue weighted by Gasteiger charge is -2.34. The highest BCUT2D eigenvalue weighted by Gasteiger charge is 2.35. The highest BCUT2D eigenvalue weighted by Crippen LogP contribution is 2.42. The summed E-state index contributed by atoms with van der Waals surface area (Å²) < 4.78 is 0. The van der Waals surface area contributed by atoms with Crippen LogP contribution in [0, 0.1) is 17.3 Å². The molecular weight excluding hydrogens is 396 g/mol. The summed E-state index contributed by atoms with van der Waals surface area (Å²) in [6.45, 7) is 10.8. The quantitative estimate of drug-likeness (QED) is 0.815. The van der Waals surface area contributed by atoms with Gasteiger partial charge in [-0.2, -0.15) is 0 Å². The minimum absolute atomic E-state index is 0.0178. The van der Waals surface area contributed by atoms with Gasteiger partial charge in [-0.3, -0.25) is 14.5 Å². The van der Waals surface area contributed by atoms with Crippen LogP contribution < -0.4 is 5.56 Å². The lowest BCUT2D eigenvalue weighted by Crippen LogP contribution is -2.49. The molecule has 1 saturated carbocycles. The summed E-state index contributed by atoms with van der Waals surface area (Å²) in [6.07, 6.45) is 5.31. The third kappa shape index (κ3) is 3.82. The molecule has 0 unspecified atom stereocenters. The SMILES string of the molecule is CC(C)(C)[C@H]1CCc2c(sc3nc(CN4CCN(C(=O)C5CC5)CC4)[nH]c(=O)c23)C1. The van der Waals surface area contributed by atoms with Gasteiger partial charge in [0.2, 0.25) is 5.91 Å². The van der Waals surface area contributed by atoms with Gasteiger partial charge in [0.05, 0.1) is 11.9 Å². The number of carbonyl (C=O) groups excluding carboxylic acids is 1. The Balaban J connectivity index is 1.31. The van der Waals surface area contributed by atoms with Crippen molar-refractivity contribution in [1.29, 1.82) is 0 Å². The second kappa shape index (κ2) is 7.45. The number of piperazine rings is 1. The molecule has 2 fully saturated rings. The Labute approximate surface area is 181 Å². The molecule has 1 aliphatic heterocycles. The van der Waals surface area contributed by atoms with Crippen LogP contribution in [0.25, 0.3) is 10.2 Å². The number of aromatic amines is 1. The molecule has 2 aliphatic carbocycles. The van der Waals surface area contributed by atoms with Crippen molar-refractivity contribution in [1.82, 2.24) is 19.8 Å². The second-order valence-electron chi connectivity index (χ2n) is 10.4. The van der Waals surface area contributed by atoms with Gasteiger partial charge in [0, 0.05) is 37.0 Å². The highest BCUT2D eigenvalue weighted by atomic mass is 32.1. The van der Waals surface area contributed by atoms with E-state index in [1.807, 2.05) is 4.90 Å². The van der Waals surface area contributed by atoms with E-state index in [0.717, 1.165) is 74.3 Å². The van der Waals surface area contributed by atoms with E-state index in [1.54, 1.807) is 11.3 Å². The van der Waals surface area contributed by atoms with Gasteiger partial charge in [-0.15, -0.1) is 11.3 Å². The topological polar surface area (TPSA) is 69.3 Å². The van der Waals surface area contributed by atoms with Gasteiger partial charge >= 0.3 is 0 Å². The smallest absolute Gasteiger partial charge is 0.259 e. The minimum atomic E-state index is 0.0178. The number of rotatable bonds is 3. The molecule has 7 heteroatoms. The molecule has 3 heterocycles. The Morgan fingerprint density at radius 1 is 1.17 bits per heavy atom. The molecule has 0 spiro atoms. The molecule has 2 aromatic rings. The molecule has 30 heavy (non-hydrogen) atoms. The lowest BCUT2D eigenvalue weighted by atomic mass is 9.72. The maximum absolute atomic E-state index is 12.9. The van der Waals surface area contributed by atoms with Crippen LogP contribution in [0.4, 0.5) is 0 Å². The third-order valence-corrected chi connectivity index (χ3v) is 8.32. The number of aryl methyl sites for hydroxylation is 1. The summed E-state index contributed by atoms with van der Waals surface area (Å²) in [5, 5.41) is 0.825. The molecular formula is C23H32N4O2S. The summed E-state index contributed by atoms with van der Waals surface area (Å²) in [6, 6.07) is 0. The zero-order chi connectivity index (χ0) is 21.0. The van der Waals surface area contributed by atoms with E-state index in [4.69, 9.17) is 4.98 Å². The Hall–Kier alpha value is -1.73. The van der Waals surface area contributed by atoms with Gasteiger partial charge in [0.15, 0.2) is 0 Å². The van der Waals surface area contributed by atoms with E-state index in [2.05, 4.69) is 30.7 Å². The molecule has 162 valence electrons.